The minimum Gasteiger partial charge on any atom is -0.431 e. The molecule has 1 aromatic heterocycles. The van der Waals surface area contributed by atoms with Gasteiger partial charge >= 0.3 is 0 Å². The van der Waals surface area contributed by atoms with E-state index in [2.05, 4.69) is 4.98 Å². The highest BCUT2D eigenvalue weighted by molar-refractivity contribution is 8.00. The monoisotopic (exact) mass is 427 g/mol. The van der Waals surface area contributed by atoms with Crippen LogP contribution in [0.2, 0.25) is 0 Å². The molecule has 10 heteroatoms. The van der Waals surface area contributed by atoms with Crippen LogP contribution in [0.5, 0.6) is 0 Å². The number of fused-ring (bicyclic) bond motifs is 1. The van der Waals surface area contributed by atoms with Crippen LogP contribution >= 0.6 is 11.8 Å². The molecule has 0 unspecified atom stereocenters. The van der Waals surface area contributed by atoms with E-state index in [1.165, 1.54) is 28.2 Å². The van der Waals surface area contributed by atoms with Crippen molar-refractivity contribution in [2.24, 2.45) is 0 Å². The van der Waals surface area contributed by atoms with Crippen LogP contribution in [0.3, 0.4) is 0 Å². The van der Waals surface area contributed by atoms with Crippen molar-refractivity contribution < 1.29 is 22.4 Å². The third kappa shape index (κ3) is 4.35. The minimum atomic E-state index is -3.56. The summed E-state index contributed by atoms with van der Waals surface area (Å²) in [5.41, 5.74) is 0.953. The highest BCUT2D eigenvalue weighted by Gasteiger charge is 2.26. The second-order valence-electron chi connectivity index (χ2n) is 6.40. The van der Waals surface area contributed by atoms with E-state index in [0.29, 0.717) is 55.7 Å². The standard InChI is InChI=1S/C18H25N3O5S2/c1-4-21(5-2)28(23,24)14-6-7-16-15(12-14)19-18(26-16)27-13(3)17(22)20-8-10-25-11-9-20/h6-7,12-13H,4-5,8-11H2,1-3H3/t13-/m1/s1. The van der Waals surface area contributed by atoms with Crippen LogP contribution < -0.4 is 0 Å². The third-order valence-electron chi connectivity index (χ3n) is 4.63. The lowest BCUT2D eigenvalue weighted by Crippen LogP contribution is -2.44. The molecule has 0 aliphatic carbocycles. The van der Waals surface area contributed by atoms with E-state index in [9.17, 15) is 13.2 Å². The predicted octanol–water partition coefficient (Wildman–Crippen LogP) is 2.20. The molecule has 1 atom stereocenters. The topological polar surface area (TPSA) is 93.0 Å². The van der Waals surface area contributed by atoms with Crippen LogP contribution in [0.1, 0.15) is 20.8 Å². The Labute approximate surface area is 169 Å². The van der Waals surface area contributed by atoms with Gasteiger partial charge in [-0.3, -0.25) is 4.79 Å². The number of nitrogens with zero attached hydrogens (tertiary/aromatic N) is 3. The summed E-state index contributed by atoms with van der Waals surface area (Å²) in [6.07, 6.45) is 0. The first-order chi connectivity index (χ1) is 13.4. The molecule has 2 heterocycles. The number of thioether (sulfide) groups is 1. The summed E-state index contributed by atoms with van der Waals surface area (Å²) in [5, 5.41) is -0.00784. The van der Waals surface area contributed by atoms with Gasteiger partial charge < -0.3 is 14.1 Å². The lowest BCUT2D eigenvalue weighted by atomic mass is 10.3. The van der Waals surface area contributed by atoms with Crippen LogP contribution in [0.4, 0.5) is 0 Å². The van der Waals surface area contributed by atoms with Crippen molar-refractivity contribution >= 4 is 38.8 Å². The summed E-state index contributed by atoms with van der Waals surface area (Å²) in [6, 6.07) is 4.65. The lowest BCUT2D eigenvalue weighted by Gasteiger charge is -2.28. The lowest BCUT2D eigenvalue weighted by molar-refractivity contribution is -0.134. The van der Waals surface area contributed by atoms with Crippen molar-refractivity contribution in [1.82, 2.24) is 14.2 Å². The normalized spacial score (nSPS) is 16.6. The average Bonchev–Trinajstić information content (AvgIpc) is 3.10. The Morgan fingerprint density at radius 2 is 1.96 bits per heavy atom. The summed E-state index contributed by atoms with van der Waals surface area (Å²) in [6.45, 7) is 8.50. The van der Waals surface area contributed by atoms with E-state index in [1.807, 2.05) is 6.92 Å². The predicted molar refractivity (Wildman–Crippen MR) is 107 cm³/mol. The first-order valence-electron chi connectivity index (χ1n) is 9.30. The number of benzene rings is 1. The number of carbonyl (C=O) groups is 1. The Morgan fingerprint density at radius 3 is 2.61 bits per heavy atom. The maximum atomic E-state index is 12.7. The molecule has 1 amide bonds. The molecule has 1 aliphatic heterocycles. The van der Waals surface area contributed by atoms with Crippen LogP contribution in [-0.2, 0) is 19.6 Å². The molecule has 3 rings (SSSR count). The fourth-order valence-electron chi connectivity index (χ4n) is 3.05. The van der Waals surface area contributed by atoms with E-state index in [-0.39, 0.29) is 16.1 Å². The highest BCUT2D eigenvalue weighted by atomic mass is 32.2. The van der Waals surface area contributed by atoms with Crippen molar-refractivity contribution in [3.63, 3.8) is 0 Å². The van der Waals surface area contributed by atoms with Gasteiger partial charge in [0.1, 0.15) is 5.52 Å². The molecule has 1 aromatic carbocycles. The summed E-state index contributed by atoms with van der Waals surface area (Å²) in [7, 11) is -3.56. The molecule has 28 heavy (non-hydrogen) atoms. The zero-order chi connectivity index (χ0) is 20.3. The molecule has 1 aliphatic rings. The summed E-state index contributed by atoms with van der Waals surface area (Å²) in [4.78, 5) is 18.9. The quantitative estimate of drug-likeness (QED) is 0.625. The molecular formula is C18H25N3O5S2. The first-order valence-corrected chi connectivity index (χ1v) is 11.6. The molecule has 0 spiro atoms. The Balaban J connectivity index is 1.78. The number of hydrogen-bond acceptors (Lipinski definition) is 7. The minimum absolute atomic E-state index is 0.0142. The molecule has 0 N–H and O–H groups in total. The Morgan fingerprint density at radius 1 is 1.29 bits per heavy atom. The van der Waals surface area contributed by atoms with Gasteiger partial charge in [0, 0.05) is 26.2 Å². The largest absolute Gasteiger partial charge is 0.431 e. The number of hydrogen-bond donors (Lipinski definition) is 0. The Bertz CT molecular complexity index is 934. The Kier molecular flexibility index (Phi) is 6.64. The van der Waals surface area contributed by atoms with E-state index in [4.69, 9.17) is 9.15 Å². The number of rotatable bonds is 7. The molecule has 1 fully saturated rings. The summed E-state index contributed by atoms with van der Waals surface area (Å²) >= 11 is 1.23. The Hall–Kier alpha value is -1.62. The second-order valence-corrected chi connectivity index (χ2v) is 9.63. The van der Waals surface area contributed by atoms with E-state index < -0.39 is 10.0 Å². The molecule has 0 saturated carbocycles. The van der Waals surface area contributed by atoms with Gasteiger partial charge in [0.25, 0.3) is 5.22 Å². The van der Waals surface area contributed by atoms with Crippen molar-refractivity contribution in [2.45, 2.75) is 36.1 Å². The van der Waals surface area contributed by atoms with Gasteiger partial charge in [-0.1, -0.05) is 25.6 Å². The molecule has 0 bridgehead atoms. The maximum Gasteiger partial charge on any atom is 0.257 e. The molecular weight excluding hydrogens is 402 g/mol. The van der Waals surface area contributed by atoms with Crippen molar-refractivity contribution in [3.05, 3.63) is 18.2 Å². The SMILES string of the molecule is CCN(CC)S(=O)(=O)c1ccc2oc(S[C@H](C)C(=O)N3CCOCC3)nc2c1. The first kappa shape index (κ1) is 21.1. The van der Waals surface area contributed by atoms with Crippen molar-refractivity contribution in [2.75, 3.05) is 39.4 Å². The maximum absolute atomic E-state index is 12.7. The van der Waals surface area contributed by atoms with Gasteiger partial charge in [0.15, 0.2) is 5.58 Å². The zero-order valence-corrected chi connectivity index (χ0v) is 17.9. The zero-order valence-electron chi connectivity index (χ0n) is 16.3. The van der Waals surface area contributed by atoms with E-state index >= 15 is 0 Å². The van der Waals surface area contributed by atoms with Gasteiger partial charge in [-0.2, -0.15) is 4.31 Å². The number of sulfonamides is 1. The van der Waals surface area contributed by atoms with Gasteiger partial charge in [-0.15, -0.1) is 0 Å². The number of amides is 1. The number of morpholine rings is 1. The van der Waals surface area contributed by atoms with Gasteiger partial charge in [-0.05, 0) is 25.1 Å². The van der Waals surface area contributed by atoms with Gasteiger partial charge in [0.2, 0.25) is 15.9 Å². The van der Waals surface area contributed by atoms with Crippen LogP contribution in [-0.4, -0.2) is 73.2 Å². The summed E-state index contributed by atoms with van der Waals surface area (Å²) < 4.78 is 37.8. The van der Waals surface area contributed by atoms with Crippen LogP contribution in [0, 0.1) is 0 Å². The molecule has 0 radical (unpaired) electrons. The molecule has 1 saturated heterocycles. The second kappa shape index (κ2) is 8.81. The molecule has 8 nitrogen and oxygen atoms in total. The fraction of sp³-hybridized carbons (Fsp3) is 0.556. The number of oxazole rings is 1. The van der Waals surface area contributed by atoms with Crippen molar-refractivity contribution in [3.8, 4) is 0 Å². The van der Waals surface area contributed by atoms with Gasteiger partial charge in [0.05, 0.1) is 23.4 Å². The van der Waals surface area contributed by atoms with E-state index in [0.717, 1.165) is 0 Å². The smallest absolute Gasteiger partial charge is 0.257 e. The van der Waals surface area contributed by atoms with Gasteiger partial charge in [-0.25, -0.2) is 13.4 Å². The molecule has 154 valence electrons. The third-order valence-corrected chi connectivity index (χ3v) is 7.61. The number of aromatic nitrogens is 1. The number of ether oxygens (including phenoxy) is 1. The van der Waals surface area contributed by atoms with E-state index in [1.54, 1.807) is 24.8 Å². The summed E-state index contributed by atoms with van der Waals surface area (Å²) in [5.74, 6) is 0.0142. The number of carbonyl (C=O) groups excluding carboxylic acids is 1. The van der Waals surface area contributed by atoms with Crippen molar-refractivity contribution in [1.29, 1.82) is 0 Å². The average molecular weight is 428 g/mol. The van der Waals surface area contributed by atoms with Crippen LogP contribution in [0.15, 0.2) is 32.7 Å². The highest BCUT2D eigenvalue weighted by Crippen LogP contribution is 2.29. The molecule has 2 aromatic rings. The van der Waals surface area contributed by atoms with Crippen LogP contribution in [0.25, 0.3) is 11.1 Å². The fourth-order valence-corrected chi connectivity index (χ4v) is 5.37.